The van der Waals surface area contributed by atoms with Gasteiger partial charge in [-0.3, -0.25) is 14.6 Å². The van der Waals surface area contributed by atoms with E-state index in [1.54, 1.807) is 30.3 Å². The number of imide groups is 1. The second-order valence-electron chi connectivity index (χ2n) is 6.68. The number of benzene rings is 2. The maximum absolute atomic E-state index is 12.4. The lowest BCUT2D eigenvalue weighted by molar-refractivity contribution is -0.120. The van der Waals surface area contributed by atoms with Crippen LogP contribution >= 0.6 is 0 Å². The Hall–Kier alpha value is -4.08. The van der Waals surface area contributed by atoms with Crippen molar-refractivity contribution in [2.75, 3.05) is 19.5 Å². The van der Waals surface area contributed by atoms with E-state index in [0.717, 1.165) is 15.7 Å². The number of nitrogens with one attached hydrogen (secondary N) is 2. The molecule has 1 aromatic heterocycles. The Morgan fingerprint density at radius 2 is 1.84 bits per heavy atom. The van der Waals surface area contributed by atoms with Crippen molar-refractivity contribution in [3.05, 3.63) is 58.1 Å². The lowest BCUT2D eigenvalue weighted by Crippen LogP contribution is -2.38. The number of aromatic nitrogens is 2. The Kier molecular flexibility index (Phi) is 6.39. The van der Waals surface area contributed by atoms with Crippen LogP contribution in [-0.4, -0.2) is 35.9 Å². The first-order valence-electron chi connectivity index (χ1n) is 9.30. The molecular weight excluding hydrogens is 404 g/mol. The molecule has 0 unspecified atom stereocenters. The van der Waals surface area contributed by atoms with Crippen LogP contribution in [0.5, 0.6) is 11.5 Å². The van der Waals surface area contributed by atoms with E-state index in [1.807, 2.05) is 19.9 Å². The summed E-state index contributed by atoms with van der Waals surface area (Å²) in [5.74, 6) is -0.537. The first-order chi connectivity index (χ1) is 14.8. The molecule has 31 heavy (non-hydrogen) atoms. The molecule has 0 radical (unpaired) electrons. The van der Waals surface area contributed by atoms with Crippen molar-refractivity contribution in [3.8, 4) is 22.9 Å². The molecule has 0 aliphatic rings. The number of hydrogen-bond acceptors (Lipinski definition) is 7. The van der Waals surface area contributed by atoms with Crippen molar-refractivity contribution >= 4 is 17.6 Å². The van der Waals surface area contributed by atoms with E-state index < -0.39 is 24.2 Å². The first-order valence-corrected chi connectivity index (χ1v) is 9.30. The molecule has 3 amide bonds. The van der Waals surface area contributed by atoms with Crippen molar-refractivity contribution in [1.82, 2.24) is 15.0 Å². The lowest BCUT2D eigenvalue weighted by Gasteiger charge is -2.11. The van der Waals surface area contributed by atoms with E-state index in [2.05, 4.69) is 15.8 Å². The highest BCUT2D eigenvalue weighted by molar-refractivity contribution is 6.01. The van der Waals surface area contributed by atoms with Crippen LogP contribution in [0.1, 0.15) is 11.1 Å². The van der Waals surface area contributed by atoms with E-state index in [1.165, 1.54) is 14.2 Å². The van der Waals surface area contributed by atoms with Gasteiger partial charge in [0.25, 0.3) is 0 Å². The van der Waals surface area contributed by atoms with Gasteiger partial charge in [0.1, 0.15) is 6.54 Å². The zero-order valence-electron chi connectivity index (χ0n) is 17.5. The fourth-order valence-corrected chi connectivity index (χ4v) is 2.94. The number of carbonyl (C=O) groups excluding carboxylic acids is 2. The van der Waals surface area contributed by atoms with Gasteiger partial charge in [-0.15, -0.1) is 0 Å². The molecule has 0 saturated carbocycles. The number of aryl methyl sites for hydroxylation is 1. The van der Waals surface area contributed by atoms with Gasteiger partial charge in [0.05, 0.1) is 14.2 Å². The minimum atomic E-state index is -0.838. The molecular formula is C21H22N4O6. The van der Waals surface area contributed by atoms with Crippen LogP contribution < -0.4 is 25.9 Å². The van der Waals surface area contributed by atoms with Gasteiger partial charge in [0.2, 0.25) is 5.91 Å². The molecule has 2 aromatic carbocycles. The molecule has 2 N–H and O–H groups in total. The Labute approximate surface area is 177 Å². The number of amides is 3. The van der Waals surface area contributed by atoms with Crippen LogP contribution in [0.2, 0.25) is 0 Å². The van der Waals surface area contributed by atoms with Crippen LogP contribution in [-0.2, 0) is 11.3 Å². The zero-order valence-corrected chi connectivity index (χ0v) is 17.5. The number of urea groups is 1. The first kappa shape index (κ1) is 21.6. The molecule has 0 spiro atoms. The van der Waals surface area contributed by atoms with Gasteiger partial charge in [-0.1, -0.05) is 17.3 Å². The van der Waals surface area contributed by atoms with Crippen molar-refractivity contribution in [1.29, 1.82) is 0 Å². The number of rotatable bonds is 6. The van der Waals surface area contributed by atoms with Gasteiger partial charge in [-0.05, 0) is 49.2 Å². The molecule has 0 aliphatic heterocycles. The Morgan fingerprint density at radius 3 is 2.55 bits per heavy atom. The van der Waals surface area contributed by atoms with Gasteiger partial charge in [0.15, 0.2) is 17.3 Å². The third-order valence-electron chi connectivity index (χ3n) is 4.74. The average Bonchev–Trinajstić information content (AvgIpc) is 3.10. The summed E-state index contributed by atoms with van der Waals surface area (Å²) >= 11 is 0. The predicted molar refractivity (Wildman–Crippen MR) is 112 cm³/mol. The molecule has 10 heteroatoms. The summed E-state index contributed by atoms with van der Waals surface area (Å²) in [6.45, 7) is 3.31. The minimum Gasteiger partial charge on any atom is -0.493 e. The van der Waals surface area contributed by atoms with Crippen LogP contribution in [0.25, 0.3) is 11.4 Å². The van der Waals surface area contributed by atoms with Crippen molar-refractivity contribution in [3.63, 3.8) is 0 Å². The highest BCUT2D eigenvalue weighted by Crippen LogP contribution is 2.31. The van der Waals surface area contributed by atoms with Crippen molar-refractivity contribution in [2.24, 2.45) is 0 Å². The van der Waals surface area contributed by atoms with Gasteiger partial charge < -0.3 is 14.8 Å². The second-order valence-corrected chi connectivity index (χ2v) is 6.68. The quantitative estimate of drug-likeness (QED) is 0.620. The monoisotopic (exact) mass is 426 g/mol. The summed E-state index contributed by atoms with van der Waals surface area (Å²) in [6, 6.07) is 9.60. The number of carbonyl (C=O) groups is 2. The van der Waals surface area contributed by atoms with E-state index in [-0.39, 0.29) is 5.82 Å². The van der Waals surface area contributed by atoms with E-state index in [0.29, 0.717) is 22.7 Å². The van der Waals surface area contributed by atoms with Crippen molar-refractivity contribution < 1.29 is 23.6 Å². The number of methoxy groups -OCH3 is 2. The van der Waals surface area contributed by atoms with Gasteiger partial charge in [-0.2, -0.15) is 0 Å². The molecule has 3 rings (SSSR count). The summed E-state index contributed by atoms with van der Waals surface area (Å²) in [4.78, 5) is 36.7. The molecule has 1 heterocycles. The molecule has 0 saturated heterocycles. The number of hydrogen-bond donors (Lipinski definition) is 2. The highest BCUT2D eigenvalue weighted by atomic mass is 16.5. The van der Waals surface area contributed by atoms with Crippen LogP contribution in [0.3, 0.4) is 0 Å². The highest BCUT2D eigenvalue weighted by Gasteiger charge is 2.19. The standard InChI is InChI=1S/C21H22N4O6/c1-12-6-5-7-15(13(12)2)22-20(27)23-18(26)11-25-19(24-31-21(25)28)14-8-9-16(29-3)17(10-14)30-4/h5-10H,11H2,1-4H3,(H2,22,23,26,27). The normalized spacial score (nSPS) is 10.5. The lowest BCUT2D eigenvalue weighted by atomic mass is 10.1. The fraction of sp³-hybridized carbons (Fsp3) is 0.238. The topological polar surface area (TPSA) is 125 Å². The summed E-state index contributed by atoms with van der Waals surface area (Å²) in [5, 5.41) is 8.56. The molecule has 3 aromatic rings. The molecule has 0 fully saturated rings. The molecule has 162 valence electrons. The predicted octanol–water partition coefficient (Wildman–Crippen LogP) is 2.49. The van der Waals surface area contributed by atoms with E-state index in [9.17, 15) is 14.4 Å². The Balaban J connectivity index is 1.75. The summed E-state index contributed by atoms with van der Waals surface area (Å²) in [6.07, 6.45) is 0. The van der Waals surface area contributed by atoms with Gasteiger partial charge in [-0.25, -0.2) is 14.2 Å². The van der Waals surface area contributed by atoms with Gasteiger partial charge in [0, 0.05) is 11.3 Å². The number of anilines is 1. The van der Waals surface area contributed by atoms with Crippen LogP contribution in [0, 0.1) is 13.8 Å². The fourth-order valence-electron chi connectivity index (χ4n) is 2.94. The van der Waals surface area contributed by atoms with Gasteiger partial charge >= 0.3 is 11.8 Å². The summed E-state index contributed by atoms with van der Waals surface area (Å²) < 4.78 is 16.2. The molecule has 10 nitrogen and oxygen atoms in total. The summed E-state index contributed by atoms with van der Waals surface area (Å²) in [5.41, 5.74) is 2.94. The summed E-state index contributed by atoms with van der Waals surface area (Å²) in [7, 11) is 2.97. The molecule has 0 bridgehead atoms. The Bertz CT molecular complexity index is 1180. The maximum atomic E-state index is 12.4. The van der Waals surface area contributed by atoms with Crippen molar-refractivity contribution in [2.45, 2.75) is 20.4 Å². The average molecular weight is 426 g/mol. The minimum absolute atomic E-state index is 0.107. The van der Waals surface area contributed by atoms with Crippen LogP contribution in [0.15, 0.2) is 45.7 Å². The third-order valence-corrected chi connectivity index (χ3v) is 4.74. The maximum Gasteiger partial charge on any atom is 0.442 e. The largest absolute Gasteiger partial charge is 0.493 e. The zero-order chi connectivity index (χ0) is 22.5. The Morgan fingerprint density at radius 1 is 1.10 bits per heavy atom. The smallest absolute Gasteiger partial charge is 0.442 e. The van der Waals surface area contributed by atoms with E-state index in [4.69, 9.17) is 14.0 Å². The SMILES string of the molecule is COc1ccc(-c2noc(=O)n2CC(=O)NC(=O)Nc2cccc(C)c2C)cc1OC. The number of nitrogens with zero attached hydrogens (tertiary/aromatic N) is 2. The molecule has 0 aliphatic carbocycles. The molecule has 0 atom stereocenters. The number of ether oxygens (including phenoxy) is 2. The van der Waals surface area contributed by atoms with Crippen LogP contribution in [0.4, 0.5) is 10.5 Å². The van der Waals surface area contributed by atoms with E-state index >= 15 is 0 Å². The third kappa shape index (κ3) is 4.74. The second kappa shape index (κ2) is 9.16.